The highest BCUT2D eigenvalue weighted by molar-refractivity contribution is 5.79. The van der Waals surface area contributed by atoms with Gasteiger partial charge in [-0.3, -0.25) is 13.9 Å². The summed E-state index contributed by atoms with van der Waals surface area (Å²) in [6.07, 6.45) is -3.35. The van der Waals surface area contributed by atoms with Crippen molar-refractivity contribution in [2.45, 2.75) is 45.7 Å². The number of hydrogen-bond donors (Lipinski definition) is 0. The number of hydrogen-bond acceptors (Lipinski definition) is 4. The molecule has 0 radical (unpaired) electrons. The first-order chi connectivity index (χ1) is 13.3. The molecule has 0 spiro atoms. The molecule has 3 rings (SSSR count). The van der Waals surface area contributed by atoms with Crippen LogP contribution < -0.4 is 11.2 Å². The smallest absolute Gasteiger partial charge is 0.303 e. The van der Waals surface area contributed by atoms with Crippen LogP contribution in [-0.2, 0) is 20.3 Å². The Morgan fingerprint density at radius 3 is 2.17 bits per heavy atom. The van der Waals surface area contributed by atoms with E-state index in [0.29, 0.717) is 23.1 Å². The van der Waals surface area contributed by atoms with Gasteiger partial charge in [0.2, 0.25) is 0 Å². The first-order valence-corrected chi connectivity index (χ1v) is 9.70. The topological polar surface area (TPSA) is 60.1 Å². The van der Waals surface area contributed by atoms with E-state index in [9.17, 15) is 22.8 Å². The molecular weight excluding hydrogens is 385 g/mol. The molecule has 29 heavy (non-hydrogen) atoms. The number of rotatable bonds is 2. The van der Waals surface area contributed by atoms with Gasteiger partial charge in [0, 0.05) is 32.3 Å². The van der Waals surface area contributed by atoms with E-state index in [1.54, 1.807) is 0 Å². The summed E-state index contributed by atoms with van der Waals surface area (Å²) >= 11 is 0. The van der Waals surface area contributed by atoms with E-state index in [1.807, 2.05) is 0 Å². The van der Waals surface area contributed by atoms with E-state index in [2.05, 4.69) is 30.7 Å². The Hall–Kier alpha value is -2.16. The van der Waals surface area contributed by atoms with Crippen LogP contribution in [0, 0.1) is 5.41 Å². The minimum absolute atomic E-state index is 0.143. The van der Waals surface area contributed by atoms with Crippen molar-refractivity contribution >= 4 is 11.0 Å². The van der Waals surface area contributed by atoms with Gasteiger partial charge in [-0.25, -0.2) is 9.78 Å². The lowest BCUT2D eigenvalue weighted by Gasteiger charge is -2.36. The molecule has 0 unspecified atom stereocenters. The van der Waals surface area contributed by atoms with Gasteiger partial charge in [-0.1, -0.05) is 20.8 Å². The van der Waals surface area contributed by atoms with Gasteiger partial charge in [0.1, 0.15) is 5.65 Å². The molecule has 1 fully saturated rings. The molecular formula is C20H27F3N4O2. The van der Waals surface area contributed by atoms with Crippen molar-refractivity contribution in [2.24, 2.45) is 19.5 Å². The summed E-state index contributed by atoms with van der Waals surface area (Å²) in [5, 5.41) is -0.559. The van der Waals surface area contributed by atoms with Crippen LogP contribution in [0.1, 0.15) is 50.8 Å². The molecule has 1 saturated heterocycles. The molecule has 1 aliphatic heterocycles. The fourth-order valence-corrected chi connectivity index (χ4v) is 4.07. The number of pyridine rings is 1. The number of halogens is 3. The van der Waals surface area contributed by atoms with Crippen LogP contribution in [0.5, 0.6) is 0 Å². The van der Waals surface area contributed by atoms with Crippen LogP contribution in [-0.4, -0.2) is 38.7 Å². The third kappa shape index (κ3) is 4.24. The van der Waals surface area contributed by atoms with Gasteiger partial charge in [-0.2, -0.15) is 13.2 Å². The Balaban J connectivity index is 2.07. The Bertz CT molecular complexity index is 1040. The minimum atomic E-state index is -4.72. The number of nitrogens with zero attached hydrogens (tertiary/aromatic N) is 4. The zero-order valence-electron chi connectivity index (χ0n) is 17.4. The predicted octanol–water partition coefficient (Wildman–Crippen LogP) is 2.88. The van der Waals surface area contributed by atoms with E-state index < -0.39 is 28.4 Å². The number of aryl methyl sites for hydroxylation is 1. The lowest BCUT2D eigenvalue weighted by molar-refractivity contribution is -0.136. The maximum atomic E-state index is 13.8. The second-order valence-corrected chi connectivity index (χ2v) is 9.11. The summed E-state index contributed by atoms with van der Waals surface area (Å²) in [5.41, 5.74) is -2.46. The van der Waals surface area contributed by atoms with Gasteiger partial charge in [-0.05, 0) is 37.4 Å². The third-order valence-corrected chi connectivity index (χ3v) is 5.44. The van der Waals surface area contributed by atoms with Gasteiger partial charge >= 0.3 is 11.9 Å². The standard InChI is InChI=1S/C20H27F3N4O2/c1-19(2,3)11-27-8-6-12(7-9-27)14-10-13(20(21,22)23)15-16(24-14)25(4)18(29)26(5)17(15)28/h10,12H,6-9,11H2,1-5H3. The SMILES string of the molecule is Cn1c(=O)c2c(C(F)(F)F)cc(C3CCN(CC(C)(C)C)CC3)nc2n(C)c1=O. The summed E-state index contributed by atoms with van der Waals surface area (Å²) in [6, 6.07) is 0.998. The molecule has 0 bridgehead atoms. The Morgan fingerprint density at radius 1 is 1.07 bits per heavy atom. The zero-order valence-corrected chi connectivity index (χ0v) is 17.4. The number of fused-ring (bicyclic) bond motifs is 1. The van der Waals surface area contributed by atoms with Crippen molar-refractivity contribution in [3.63, 3.8) is 0 Å². The summed E-state index contributed by atoms with van der Waals surface area (Å²) in [6.45, 7) is 8.93. The maximum absolute atomic E-state index is 13.8. The van der Waals surface area contributed by atoms with E-state index in [1.165, 1.54) is 14.1 Å². The molecule has 1 aliphatic rings. The first-order valence-electron chi connectivity index (χ1n) is 9.70. The molecule has 0 aromatic carbocycles. The molecule has 0 saturated carbocycles. The number of aromatic nitrogens is 3. The molecule has 0 N–H and O–H groups in total. The van der Waals surface area contributed by atoms with Crippen molar-refractivity contribution in [3.8, 4) is 0 Å². The highest BCUT2D eigenvalue weighted by Crippen LogP contribution is 2.36. The lowest BCUT2D eigenvalue weighted by Crippen LogP contribution is -2.39. The van der Waals surface area contributed by atoms with Crippen LogP contribution in [0.4, 0.5) is 13.2 Å². The third-order valence-electron chi connectivity index (χ3n) is 5.44. The Morgan fingerprint density at radius 2 is 1.66 bits per heavy atom. The summed E-state index contributed by atoms with van der Waals surface area (Å²) < 4.78 is 43.1. The zero-order chi connectivity index (χ0) is 21.7. The quantitative estimate of drug-likeness (QED) is 0.761. The van der Waals surface area contributed by atoms with Crippen LogP contribution >= 0.6 is 0 Å². The molecule has 0 amide bonds. The number of likely N-dealkylation sites (tertiary alicyclic amines) is 1. The fraction of sp³-hybridized carbons (Fsp3) is 0.650. The highest BCUT2D eigenvalue weighted by Gasteiger charge is 2.37. The van der Waals surface area contributed by atoms with Gasteiger partial charge in [0.15, 0.2) is 0 Å². The van der Waals surface area contributed by atoms with Crippen LogP contribution in [0.2, 0.25) is 0 Å². The summed E-state index contributed by atoms with van der Waals surface area (Å²) in [7, 11) is 2.51. The monoisotopic (exact) mass is 412 g/mol. The fourth-order valence-electron chi connectivity index (χ4n) is 4.07. The van der Waals surface area contributed by atoms with Gasteiger partial charge in [-0.15, -0.1) is 0 Å². The van der Waals surface area contributed by atoms with Crippen molar-refractivity contribution < 1.29 is 13.2 Å². The molecule has 2 aromatic heterocycles. The van der Waals surface area contributed by atoms with E-state index in [4.69, 9.17) is 0 Å². The van der Waals surface area contributed by atoms with Gasteiger partial charge in [0.25, 0.3) is 5.56 Å². The molecule has 3 heterocycles. The number of piperidine rings is 1. The molecule has 6 nitrogen and oxygen atoms in total. The molecule has 9 heteroatoms. The number of alkyl halides is 3. The van der Waals surface area contributed by atoms with Crippen LogP contribution in [0.25, 0.3) is 11.0 Å². The van der Waals surface area contributed by atoms with Crippen LogP contribution in [0.3, 0.4) is 0 Å². The highest BCUT2D eigenvalue weighted by atomic mass is 19.4. The Kier molecular flexibility index (Phi) is 5.40. The minimum Gasteiger partial charge on any atom is -0.303 e. The van der Waals surface area contributed by atoms with E-state index >= 15 is 0 Å². The van der Waals surface area contributed by atoms with Crippen molar-refractivity contribution in [1.29, 1.82) is 0 Å². The van der Waals surface area contributed by atoms with E-state index in [-0.39, 0.29) is 17.0 Å². The van der Waals surface area contributed by atoms with Crippen molar-refractivity contribution in [3.05, 3.63) is 38.2 Å². The average molecular weight is 412 g/mol. The predicted molar refractivity (Wildman–Crippen MR) is 105 cm³/mol. The second kappa shape index (κ2) is 7.27. The van der Waals surface area contributed by atoms with E-state index in [0.717, 1.165) is 30.3 Å². The summed E-state index contributed by atoms with van der Waals surface area (Å²) in [5.74, 6) is -0.143. The average Bonchev–Trinajstić information content (AvgIpc) is 2.62. The molecule has 0 aliphatic carbocycles. The molecule has 0 atom stereocenters. The largest absolute Gasteiger partial charge is 0.417 e. The lowest BCUT2D eigenvalue weighted by atomic mass is 9.89. The summed E-state index contributed by atoms with van der Waals surface area (Å²) in [4.78, 5) is 31.3. The Labute approximate surface area is 167 Å². The van der Waals surface area contributed by atoms with Gasteiger partial charge in [0.05, 0.1) is 10.9 Å². The van der Waals surface area contributed by atoms with Crippen molar-refractivity contribution in [1.82, 2.24) is 19.0 Å². The maximum Gasteiger partial charge on any atom is 0.417 e. The second-order valence-electron chi connectivity index (χ2n) is 9.11. The molecule has 160 valence electrons. The molecule has 2 aromatic rings. The van der Waals surface area contributed by atoms with Crippen LogP contribution in [0.15, 0.2) is 15.7 Å². The van der Waals surface area contributed by atoms with Gasteiger partial charge < -0.3 is 4.90 Å². The van der Waals surface area contributed by atoms with Crippen molar-refractivity contribution in [2.75, 3.05) is 19.6 Å². The first kappa shape index (κ1) is 21.5. The normalized spacial score (nSPS) is 17.2.